The number of carbonyl (C=O) groups excluding carboxylic acids is 1. The Morgan fingerprint density at radius 2 is 1.13 bits per heavy atom. The molecule has 0 spiro atoms. The summed E-state index contributed by atoms with van der Waals surface area (Å²) in [6, 6.07) is -0.826. The smallest absolute Gasteiger partial charge is 0.268 e. The Morgan fingerprint density at radius 3 is 1.59 bits per heavy atom. The third-order valence-corrected chi connectivity index (χ3v) is 9.30. The quantitative estimate of drug-likeness (QED) is 0.0287. The van der Waals surface area contributed by atoms with Crippen molar-refractivity contribution in [3.8, 4) is 0 Å². The molecule has 0 heterocycles. The molecule has 0 aromatic rings. The molecule has 0 saturated carbocycles. The largest absolute Gasteiger partial charge is 0.756 e. The van der Waals surface area contributed by atoms with Crippen molar-refractivity contribution < 1.29 is 32.9 Å². The van der Waals surface area contributed by atoms with Crippen LogP contribution < -0.4 is 10.2 Å². The van der Waals surface area contributed by atoms with Gasteiger partial charge in [0, 0.05) is 6.42 Å². The van der Waals surface area contributed by atoms with E-state index in [1.54, 1.807) is 0 Å². The molecule has 0 aliphatic rings. The van der Waals surface area contributed by atoms with Crippen molar-refractivity contribution in [1.29, 1.82) is 0 Å². The van der Waals surface area contributed by atoms with Crippen molar-refractivity contribution in [2.75, 3.05) is 40.9 Å². The van der Waals surface area contributed by atoms with E-state index in [0.29, 0.717) is 30.3 Å². The normalized spacial score (nSPS) is 15.5. The minimum Gasteiger partial charge on any atom is -0.756 e. The Bertz CT molecular complexity index is 1190. The van der Waals surface area contributed by atoms with E-state index in [4.69, 9.17) is 9.05 Å². The zero-order valence-corrected chi connectivity index (χ0v) is 35.5. The van der Waals surface area contributed by atoms with Crippen molar-refractivity contribution in [3.63, 3.8) is 0 Å². The fourth-order valence-electron chi connectivity index (χ4n) is 5.05. The summed E-state index contributed by atoms with van der Waals surface area (Å²) in [5, 5.41) is 13.6. The summed E-state index contributed by atoms with van der Waals surface area (Å²) in [4.78, 5) is 25.0. The lowest BCUT2D eigenvalue weighted by atomic mass is 10.0. The number of aliphatic hydroxyl groups excluding tert-OH is 1. The number of aliphatic hydroxyl groups is 1. The van der Waals surface area contributed by atoms with Gasteiger partial charge in [-0.25, -0.2) is 0 Å². The number of allylic oxidation sites excluding steroid dienone is 16. The van der Waals surface area contributed by atoms with Crippen molar-refractivity contribution >= 4 is 13.7 Å². The molecule has 308 valence electrons. The Hall–Kier alpha value is -2.58. The molecule has 0 aliphatic heterocycles. The van der Waals surface area contributed by atoms with Crippen LogP contribution in [-0.2, 0) is 18.4 Å². The van der Waals surface area contributed by atoms with Gasteiger partial charge in [0.2, 0.25) is 5.91 Å². The SMILES string of the molecule is CC/C=C\C/C=C\C/C=C\C/C=C\C/C=C\C/C=C\C/C=C\C/C=C\CCCCC(=O)NC(COP(=O)([O-])OCC[N+](C)(C)C)C(O)CCCCCCC. The van der Waals surface area contributed by atoms with E-state index in [9.17, 15) is 19.4 Å². The first kappa shape index (κ1) is 51.4. The van der Waals surface area contributed by atoms with Gasteiger partial charge in [0.1, 0.15) is 13.2 Å². The highest BCUT2D eigenvalue weighted by atomic mass is 31.2. The van der Waals surface area contributed by atoms with Gasteiger partial charge in [0.05, 0.1) is 39.9 Å². The number of unbranched alkanes of at least 4 members (excludes halogenated alkanes) is 6. The van der Waals surface area contributed by atoms with Gasteiger partial charge in [-0.05, 0) is 77.0 Å². The van der Waals surface area contributed by atoms with E-state index in [0.717, 1.165) is 96.3 Å². The molecule has 9 heteroatoms. The average Bonchev–Trinajstić information content (AvgIpc) is 3.12. The van der Waals surface area contributed by atoms with Gasteiger partial charge >= 0.3 is 0 Å². The minimum absolute atomic E-state index is 0.00363. The maximum Gasteiger partial charge on any atom is 0.268 e. The molecule has 0 aromatic carbocycles. The maximum absolute atomic E-state index is 12.7. The first-order valence-corrected chi connectivity index (χ1v) is 22.0. The summed E-state index contributed by atoms with van der Waals surface area (Å²) in [6.07, 6.45) is 50.4. The van der Waals surface area contributed by atoms with Crippen LogP contribution in [0.15, 0.2) is 97.2 Å². The topological polar surface area (TPSA) is 108 Å². The van der Waals surface area contributed by atoms with Gasteiger partial charge in [0.15, 0.2) is 0 Å². The Labute approximate surface area is 330 Å². The fraction of sp³-hybridized carbons (Fsp3) is 0.622. The second-order valence-corrected chi connectivity index (χ2v) is 16.0. The molecular weight excluding hydrogens is 695 g/mol. The number of phosphoric acid groups is 1. The zero-order chi connectivity index (χ0) is 40.0. The van der Waals surface area contributed by atoms with E-state index in [2.05, 4.69) is 116 Å². The molecule has 0 saturated heterocycles. The third-order valence-electron chi connectivity index (χ3n) is 8.34. The summed E-state index contributed by atoms with van der Waals surface area (Å²) in [6.45, 7) is 4.43. The van der Waals surface area contributed by atoms with Crippen LogP contribution in [0.1, 0.15) is 129 Å². The summed E-state index contributed by atoms with van der Waals surface area (Å²) in [5.74, 6) is -0.221. The van der Waals surface area contributed by atoms with Crippen molar-refractivity contribution in [1.82, 2.24) is 5.32 Å². The van der Waals surface area contributed by atoms with Gasteiger partial charge in [-0.15, -0.1) is 0 Å². The molecule has 0 radical (unpaired) electrons. The number of phosphoric ester groups is 1. The number of likely N-dealkylation sites (N-methyl/N-ethyl adjacent to an activating group) is 1. The van der Waals surface area contributed by atoms with E-state index >= 15 is 0 Å². The first-order valence-electron chi connectivity index (χ1n) is 20.6. The lowest BCUT2D eigenvalue weighted by molar-refractivity contribution is -0.870. The predicted molar refractivity (Wildman–Crippen MR) is 228 cm³/mol. The number of hydrogen-bond acceptors (Lipinski definition) is 6. The standard InChI is InChI=1S/C45H77N2O6P/c1-6-8-10-12-13-14-15-16-17-18-19-20-21-22-23-24-25-26-27-28-29-30-31-32-33-35-37-39-45(49)46-43(44(48)38-36-34-11-9-7-2)42-53-54(50,51)52-41-40-47(3,4)5/h8,10,13-14,16-17,19-20,22-23,25-26,28-29,31-32,43-44,48H,6-7,9,11-12,15,18,21,24,27,30,33-42H2,1-5H3,(H-,46,49,50,51)/b10-8-,14-13-,17-16-,20-19-,23-22-,26-25-,29-28-,32-31-. The van der Waals surface area contributed by atoms with Crippen LogP contribution in [0.3, 0.4) is 0 Å². The van der Waals surface area contributed by atoms with Gasteiger partial charge in [-0.3, -0.25) is 9.36 Å². The highest BCUT2D eigenvalue weighted by Gasteiger charge is 2.24. The average molecular weight is 773 g/mol. The van der Waals surface area contributed by atoms with Gasteiger partial charge in [-0.2, -0.15) is 0 Å². The van der Waals surface area contributed by atoms with Crippen molar-refractivity contribution in [2.45, 2.75) is 142 Å². The Kier molecular flexibility index (Phi) is 34.4. The molecule has 8 nitrogen and oxygen atoms in total. The number of nitrogens with one attached hydrogen (secondary N) is 1. The first-order chi connectivity index (χ1) is 26.0. The number of nitrogens with zero attached hydrogens (tertiary/aromatic N) is 1. The molecule has 0 rings (SSSR count). The highest BCUT2D eigenvalue weighted by molar-refractivity contribution is 7.45. The van der Waals surface area contributed by atoms with Crippen LogP contribution in [0.5, 0.6) is 0 Å². The third kappa shape index (κ3) is 37.7. The number of rotatable bonds is 35. The zero-order valence-electron chi connectivity index (χ0n) is 34.6. The number of amides is 1. The molecular formula is C45H77N2O6P. The van der Waals surface area contributed by atoms with Crippen molar-refractivity contribution in [2.24, 2.45) is 0 Å². The molecule has 0 aromatic heterocycles. The van der Waals surface area contributed by atoms with E-state index in [-0.39, 0.29) is 19.1 Å². The molecule has 3 atom stereocenters. The summed E-state index contributed by atoms with van der Waals surface area (Å²) < 4.78 is 23.0. The van der Waals surface area contributed by atoms with E-state index < -0.39 is 20.0 Å². The summed E-state index contributed by atoms with van der Waals surface area (Å²) in [7, 11) is 1.25. The van der Waals surface area contributed by atoms with Gasteiger partial charge in [-0.1, -0.05) is 143 Å². The highest BCUT2D eigenvalue weighted by Crippen LogP contribution is 2.38. The van der Waals surface area contributed by atoms with Crippen molar-refractivity contribution in [3.05, 3.63) is 97.2 Å². The van der Waals surface area contributed by atoms with Gasteiger partial charge < -0.3 is 28.8 Å². The predicted octanol–water partition coefficient (Wildman–Crippen LogP) is 10.6. The fourth-order valence-corrected chi connectivity index (χ4v) is 5.77. The van der Waals surface area contributed by atoms with E-state index in [1.165, 1.54) is 0 Å². The number of carbonyl (C=O) groups is 1. The minimum atomic E-state index is -4.57. The van der Waals surface area contributed by atoms with Crippen LogP contribution in [0.2, 0.25) is 0 Å². The lowest BCUT2D eigenvalue weighted by Crippen LogP contribution is -2.46. The molecule has 0 bridgehead atoms. The lowest BCUT2D eigenvalue weighted by Gasteiger charge is -2.30. The van der Waals surface area contributed by atoms with Gasteiger partial charge in [0.25, 0.3) is 7.82 Å². The second kappa shape index (κ2) is 36.1. The summed E-state index contributed by atoms with van der Waals surface area (Å²) >= 11 is 0. The molecule has 1 amide bonds. The van der Waals surface area contributed by atoms with Crippen LogP contribution in [0, 0.1) is 0 Å². The molecule has 3 unspecified atom stereocenters. The van der Waals surface area contributed by atoms with Crippen LogP contribution in [0.25, 0.3) is 0 Å². The Morgan fingerprint density at radius 1 is 0.667 bits per heavy atom. The number of hydrogen-bond donors (Lipinski definition) is 2. The number of quaternary nitrogens is 1. The van der Waals surface area contributed by atoms with E-state index in [1.807, 2.05) is 21.1 Å². The van der Waals surface area contributed by atoms with Crippen LogP contribution in [-0.4, -0.2) is 68.5 Å². The molecule has 2 N–H and O–H groups in total. The van der Waals surface area contributed by atoms with Crippen LogP contribution >= 0.6 is 7.82 Å². The van der Waals surface area contributed by atoms with Crippen LogP contribution in [0.4, 0.5) is 0 Å². The summed E-state index contributed by atoms with van der Waals surface area (Å²) in [5.41, 5.74) is 0. The second-order valence-electron chi connectivity index (χ2n) is 14.6. The molecule has 54 heavy (non-hydrogen) atoms. The Balaban J connectivity index is 4.25. The molecule has 0 fully saturated rings. The monoisotopic (exact) mass is 773 g/mol. The molecule has 0 aliphatic carbocycles. The maximum atomic E-state index is 12.7.